The molecule has 318 valence electrons. The molecule has 3 saturated heterocycles. The van der Waals surface area contributed by atoms with Crippen molar-refractivity contribution in [3.63, 3.8) is 0 Å². The number of cyclic esters (lactones) is 1. The average Bonchev–Trinajstić information content (AvgIpc) is 4.12. The van der Waals surface area contributed by atoms with Gasteiger partial charge in [0.25, 0.3) is 0 Å². The number of hydrogen-bond donors (Lipinski definition) is 2. The van der Waals surface area contributed by atoms with Crippen LogP contribution in [-0.4, -0.2) is 70.0 Å². The molecule has 5 aliphatic heterocycles. The van der Waals surface area contributed by atoms with E-state index >= 15 is 0 Å². The Kier molecular flexibility index (Phi) is 10.5. The number of aliphatic hydroxyl groups is 2. The summed E-state index contributed by atoms with van der Waals surface area (Å²) >= 11 is 0. The van der Waals surface area contributed by atoms with Gasteiger partial charge in [0.1, 0.15) is 11.3 Å². The Morgan fingerprint density at radius 2 is 1.76 bits per heavy atom. The Balaban J connectivity index is 1.05. The largest absolute Gasteiger partial charge is 0.492 e. The second-order valence-corrected chi connectivity index (χ2v) is 23.3. The molecule has 5 heterocycles. The number of aliphatic hydroxyl groups excluding tert-OH is 2. The molecule has 1 aromatic rings. The Morgan fingerprint density at radius 3 is 2.54 bits per heavy atom. The molecular formula is C50H65NO6S2. The number of nitrogens with zero attached hydrogens (tertiary/aromatic N) is 1. The zero-order valence-electron chi connectivity index (χ0n) is 35.2. The van der Waals surface area contributed by atoms with Crippen LogP contribution in [0.1, 0.15) is 121 Å². The van der Waals surface area contributed by atoms with Crippen LogP contribution in [0.4, 0.5) is 0 Å². The number of rotatable bonds is 4. The van der Waals surface area contributed by atoms with E-state index in [2.05, 4.69) is 75.9 Å². The summed E-state index contributed by atoms with van der Waals surface area (Å²) in [6.07, 6.45) is 24.8. The van der Waals surface area contributed by atoms with E-state index in [9.17, 15) is 15.0 Å². The van der Waals surface area contributed by atoms with Crippen LogP contribution in [0.15, 0.2) is 76.7 Å². The summed E-state index contributed by atoms with van der Waals surface area (Å²) in [4.78, 5) is 15.8. The van der Waals surface area contributed by atoms with Crippen molar-refractivity contribution in [1.29, 1.82) is 0 Å². The number of benzene rings is 1. The number of carbonyl (C=O) groups is 1. The summed E-state index contributed by atoms with van der Waals surface area (Å²) in [5.74, 6) is 6.38. The fourth-order valence-electron chi connectivity index (χ4n) is 15.8. The van der Waals surface area contributed by atoms with Crippen molar-refractivity contribution in [2.75, 3.05) is 26.0 Å². The van der Waals surface area contributed by atoms with Crippen LogP contribution < -0.4 is 0 Å². The summed E-state index contributed by atoms with van der Waals surface area (Å²) in [5.41, 5.74) is 3.43. The van der Waals surface area contributed by atoms with Crippen molar-refractivity contribution in [2.24, 2.45) is 52.8 Å². The molecular weight excluding hydrogens is 775 g/mol. The molecule has 0 radical (unpaired) electrons. The van der Waals surface area contributed by atoms with Crippen LogP contribution in [0.25, 0.3) is 0 Å². The van der Waals surface area contributed by atoms with E-state index in [1.54, 1.807) is 0 Å². The topological polar surface area (TPSA) is 88.5 Å². The minimum atomic E-state index is -0.567. The van der Waals surface area contributed by atoms with Crippen LogP contribution in [0.2, 0.25) is 0 Å². The number of methoxy groups -OCH3 is 1. The van der Waals surface area contributed by atoms with Crippen LogP contribution in [0.5, 0.6) is 0 Å². The maximum atomic E-state index is 13.6. The maximum Gasteiger partial charge on any atom is 0.345 e. The fraction of sp³-hybridized carbons (Fsp3) is 0.700. The number of carbonyl (C=O) groups excluding carboxylic acids is 1. The average molecular weight is 840 g/mol. The van der Waals surface area contributed by atoms with E-state index in [1.165, 1.54) is 102 Å². The second kappa shape index (κ2) is 15.6. The molecule has 5 aliphatic carbocycles. The first kappa shape index (κ1) is 39.7. The molecule has 3 bridgehead atoms. The summed E-state index contributed by atoms with van der Waals surface area (Å²) in [7, 11) is 5.96. The number of fused-ring (bicyclic) bond motifs is 7. The van der Waals surface area contributed by atoms with Gasteiger partial charge in [-0.2, -0.15) is 0 Å². The zero-order chi connectivity index (χ0) is 40.0. The van der Waals surface area contributed by atoms with Crippen molar-refractivity contribution in [3.05, 3.63) is 82.2 Å². The summed E-state index contributed by atoms with van der Waals surface area (Å²) in [5, 5.41) is 23.7. The summed E-state index contributed by atoms with van der Waals surface area (Å²) in [6.45, 7) is 2.70. The van der Waals surface area contributed by atoms with Gasteiger partial charge in [-0.25, -0.2) is 4.79 Å². The van der Waals surface area contributed by atoms with Crippen molar-refractivity contribution in [3.8, 4) is 0 Å². The highest BCUT2D eigenvalue weighted by atomic mass is 33.1. The van der Waals surface area contributed by atoms with Crippen LogP contribution in [-0.2, 0) is 19.0 Å². The van der Waals surface area contributed by atoms with Gasteiger partial charge in [-0.1, -0.05) is 109 Å². The molecule has 4 saturated carbocycles. The van der Waals surface area contributed by atoms with Crippen molar-refractivity contribution in [2.45, 2.75) is 139 Å². The van der Waals surface area contributed by atoms with Gasteiger partial charge in [-0.05, 0) is 117 Å². The van der Waals surface area contributed by atoms with Gasteiger partial charge < -0.3 is 24.4 Å². The second-order valence-electron chi connectivity index (χ2n) is 20.6. The lowest BCUT2D eigenvalue weighted by Gasteiger charge is -2.54. The quantitative estimate of drug-likeness (QED) is 0.175. The third kappa shape index (κ3) is 6.33. The van der Waals surface area contributed by atoms with E-state index < -0.39 is 18.7 Å². The van der Waals surface area contributed by atoms with E-state index in [0.717, 1.165) is 49.2 Å². The third-order valence-corrected chi connectivity index (χ3v) is 21.5. The minimum Gasteiger partial charge on any atom is -0.492 e. The zero-order valence-corrected chi connectivity index (χ0v) is 36.8. The minimum absolute atomic E-state index is 0.0511. The number of piperidine rings is 1. The number of allylic oxidation sites excluding steroid dienone is 2. The molecule has 12 unspecified atom stereocenters. The first-order valence-corrected chi connectivity index (χ1v) is 25.9. The van der Waals surface area contributed by atoms with E-state index in [1.807, 2.05) is 0 Å². The Labute approximate surface area is 359 Å². The molecule has 7 nitrogen and oxygen atoms in total. The SMILES string of the molecule is COC1=C(CO)C(=O)OC1=C1OC2=CCCN3C(CC4C5CC6(CCC(C6)C6(CCCC6)SSCC6=CCC(C7CCCC7)CC6C(O)C53)C4c3ccccc3)C2C1C. The third-order valence-electron chi connectivity index (χ3n) is 18.2. The molecule has 2 spiro atoms. The predicted molar refractivity (Wildman–Crippen MR) is 234 cm³/mol. The van der Waals surface area contributed by atoms with Crippen LogP contribution in [0, 0.1) is 52.8 Å². The molecule has 1 aromatic carbocycles. The number of ether oxygens (including phenoxy) is 3. The van der Waals surface area contributed by atoms with Crippen LogP contribution >= 0.6 is 21.6 Å². The van der Waals surface area contributed by atoms with E-state index in [0.29, 0.717) is 39.9 Å². The lowest BCUT2D eigenvalue weighted by molar-refractivity contribution is -0.133. The van der Waals surface area contributed by atoms with Gasteiger partial charge in [0, 0.05) is 46.9 Å². The number of hydrogen-bond acceptors (Lipinski definition) is 9. The molecule has 59 heavy (non-hydrogen) atoms. The standard InChI is InChI=1S/C50H65NO6S2/c1-29-41-39-24-36-37-26-49(42(36)31-13-4-3-5-14-31)21-18-34(25-49)50(19-8-9-20-50)59-58-28-33-17-16-32(30-11-6-7-12-30)23-35(33)44(53)43(37)51(39)22-10-15-40(41)56-45(29)47-46(55-2)38(27-52)48(54)57-47/h3-5,13-15,17,29-30,32,34-37,39,41-44,52-53H,6-12,16,18-28H2,1-2H3. The molecule has 12 atom stereocenters. The molecule has 0 amide bonds. The van der Waals surface area contributed by atoms with E-state index in [-0.39, 0.29) is 46.6 Å². The molecule has 10 aliphatic rings. The highest BCUT2D eigenvalue weighted by Crippen LogP contribution is 2.71. The predicted octanol–water partition coefficient (Wildman–Crippen LogP) is 10.1. The molecule has 9 heteroatoms. The first-order chi connectivity index (χ1) is 28.8. The Bertz CT molecular complexity index is 1930. The fourth-order valence-corrected chi connectivity index (χ4v) is 19.5. The summed E-state index contributed by atoms with van der Waals surface area (Å²) < 4.78 is 18.8. The van der Waals surface area contributed by atoms with E-state index in [4.69, 9.17) is 14.2 Å². The number of esters is 1. The summed E-state index contributed by atoms with van der Waals surface area (Å²) in [6, 6.07) is 11.9. The molecule has 11 rings (SSSR count). The van der Waals surface area contributed by atoms with Crippen molar-refractivity contribution < 1.29 is 29.2 Å². The smallest absolute Gasteiger partial charge is 0.345 e. The highest BCUT2D eigenvalue weighted by molar-refractivity contribution is 8.77. The lowest BCUT2D eigenvalue weighted by atomic mass is 9.64. The van der Waals surface area contributed by atoms with Gasteiger partial charge in [0.2, 0.25) is 5.76 Å². The van der Waals surface area contributed by atoms with Crippen LogP contribution in [0.3, 0.4) is 0 Å². The first-order valence-electron chi connectivity index (χ1n) is 23.5. The maximum absolute atomic E-state index is 13.6. The van der Waals surface area contributed by atoms with Gasteiger partial charge in [-0.3, -0.25) is 4.90 Å². The Hall–Kier alpha value is -2.17. The molecule has 2 N–H and O–H groups in total. The van der Waals surface area contributed by atoms with Crippen molar-refractivity contribution >= 4 is 27.6 Å². The van der Waals surface area contributed by atoms with Gasteiger partial charge in [-0.15, -0.1) is 0 Å². The molecule has 7 fully saturated rings. The Morgan fingerprint density at radius 1 is 0.949 bits per heavy atom. The van der Waals surface area contributed by atoms with Crippen molar-refractivity contribution in [1.82, 2.24) is 4.90 Å². The van der Waals surface area contributed by atoms with Gasteiger partial charge >= 0.3 is 5.97 Å². The molecule has 0 aromatic heterocycles. The van der Waals surface area contributed by atoms with Gasteiger partial charge in [0.15, 0.2) is 11.5 Å². The lowest BCUT2D eigenvalue weighted by Crippen LogP contribution is -2.62. The normalized spacial score (nSPS) is 43.1. The monoisotopic (exact) mass is 839 g/mol. The van der Waals surface area contributed by atoms with Gasteiger partial charge in [0.05, 0.1) is 19.8 Å². The highest BCUT2D eigenvalue weighted by Gasteiger charge is 2.65.